The predicted octanol–water partition coefficient (Wildman–Crippen LogP) is 6.35. The normalized spacial score (nSPS) is 10.8. The molecule has 0 spiro atoms. The smallest absolute Gasteiger partial charge is 0.254 e. The lowest BCUT2D eigenvalue weighted by Crippen LogP contribution is -2.39. The number of aryl methyl sites for hydroxylation is 3. The molecule has 4 aromatic rings. The van der Waals surface area contributed by atoms with Gasteiger partial charge < -0.3 is 10.2 Å². The summed E-state index contributed by atoms with van der Waals surface area (Å²) in [7, 11) is 0. The van der Waals surface area contributed by atoms with Gasteiger partial charge in [-0.05, 0) is 57.0 Å². The third-order valence-electron chi connectivity index (χ3n) is 6.36. The summed E-state index contributed by atoms with van der Waals surface area (Å²) in [6.45, 7) is 8.50. The highest BCUT2D eigenvalue weighted by Crippen LogP contribution is 2.33. The van der Waals surface area contributed by atoms with Crippen molar-refractivity contribution in [3.8, 4) is 16.8 Å². The summed E-state index contributed by atoms with van der Waals surface area (Å²) in [5.74, 6) is 0.188. The van der Waals surface area contributed by atoms with Crippen LogP contribution in [0.5, 0.6) is 0 Å². The Hall–Kier alpha value is -4.19. The molecule has 1 N–H and O–H groups in total. The van der Waals surface area contributed by atoms with Crippen molar-refractivity contribution in [3.63, 3.8) is 0 Å². The van der Waals surface area contributed by atoms with E-state index in [0.717, 1.165) is 46.5 Å². The molecule has 0 fully saturated rings. The fourth-order valence-corrected chi connectivity index (χ4v) is 4.29. The van der Waals surface area contributed by atoms with Crippen molar-refractivity contribution in [2.75, 3.05) is 18.4 Å². The van der Waals surface area contributed by atoms with Crippen LogP contribution in [0.25, 0.3) is 16.8 Å². The average Bonchev–Trinajstić information content (AvgIpc) is 3.22. The largest absolute Gasteiger partial charge is 0.329 e. The fourth-order valence-electron chi connectivity index (χ4n) is 4.29. The summed E-state index contributed by atoms with van der Waals surface area (Å²) in [5.41, 5.74) is 6.29. The van der Waals surface area contributed by atoms with Crippen molar-refractivity contribution in [2.45, 2.75) is 40.5 Å². The maximum absolute atomic E-state index is 13.5. The maximum Gasteiger partial charge on any atom is 0.254 e. The molecule has 0 saturated carbocycles. The van der Waals surface area contributed by atoms with Crippen molar-refractivity contribution in [2.24, 2.45) is 0 Å². The van der Waals surface area contributed by atoms with E-state index in [-0.39, 0.29) is 18.4 Å². The summed E-state index contributed by atoms with van der Waals surface area (Å²) in [6.07, 6.45) is 1.75. The van der Waals surface area contributed by atoms with E-state index in [1.807, 2.05) is 99.6 Å². The minimum absolute atomic E-state index is 0.0426. The molecule has 0 aliphatic carbocycles. The van der Waals surface area contributed by atoms with E-state index in [4.69, 9.17) is 5.10 Å². The highest BCUT2D eigenvalue weighted by molar-refractivity contribution is 6.01. The van der Waals surface area contributed by atoms with Crippen molar-refractivity contribution in [1.29, 1.82) is 0 Å². The van der Waals surface area contributed by atoms with E-state index in [0.29, 0.717) is 17.9 Å². The number of aromatic nitrogens is 2. The van der Waals surface area contributed by atoms with Gasteiger partial charge in [-0.25, -0.2) is 4.68 Å². The second-order valence-corrected chi connectivity index (χ2v) is 9.42. The fraction of sp³-hybridized carbons (Fsp3) is 0.258. The molecule has 0 aliphatic rings. The summed E-state index contributed by atoms with van der Waals surface area (Å²) >= 11 is 0. The number of anilines is 1. The van der Waals surface area contributed by atoms with Gasteiger partial charge in [-0.1, -0.05) is 79.1 Å². The molecular weight excluding hydrogens is 460 g/mol. The Balaban J connectivity index is 1.66. The zero-order valence-corrected chi connectivity index (χ0v) is 22.0. The zero-order valence-electron chi connectivity index (χ0n) is 22.0. The Bertz CT molecular complexity index is 1360. The van der Waals surface area contributed by atoms with Crippen LogP contribution < -0.4 is 5.32 Å². The first-order chi connectivity index (χ1) is 17.9. The molecule has 0 bridgehead atoms. The quantitative estimate of drug-likeness (QED) is 0.295. The molecule has 6 nitrogen and oxygen atoms in total. The second kappa shape index (κ2) is 11.7. The molecule has 0 atom stereocenters. The van der Waals surface area contributed by atoms with Crippen LogP contribution in [0.1, 0.15) is 46.9 Å². The van der Waals surface area contributed by atoms with Crippen LogP contribution in [0.3, 0.4) is 0 Å². The van der Waals surface area contributed by atoms with Gasteiger partial charge in [-0.3, -0.25) is 9.59 Å². The van der Waals surface area contributed by atoms with Gasteiger partial charge in [0.25, 0.3) is 5.91 Å². The number of carbonyl (C=O) groups is 2. The Morgan fingerprint density at radius 1 is 0.865 bits per heavy atom. The highest BCUT2D eigenvalue weighted by Gasteiger charge is 2.23. The van der Waals surface area contributed by atoms with E-state index >= 15 is 0 Å². The van der Waals surface area contributed by atoms with Gasteiger partial charge in [0, 0.05) is 17.7 Å². The Labute approximate surface area is 218 Å². The molecule has 6 heteroatoms. The number of nitrogens with zero attached hydrogens (tertiary/aromatic N) is 3. The van der Waals surface area contributed by atoms with Crippen molar-refractivity contribution >= 4 is 17.6 Å². The summed E-state index contributed by atoms with van der Waals surface area (Å²) in [5, 5.41) is 7.88. The summed E-state index contributed by atoms with van der Waals surface area (Å²) < 4.78 is 1.77. The molecule has 1 aromatic heterocycles. The van der Waals surface area contributed by atoms with E-state index < -0.39 is 0 Å². The molecular formula is C31H34N4O2. The first kappa shape index (κ1) is 25.9. The Morgan fingerprint density at radius 2 is 1.49 bits per heavy atom. The number of amides is 2. The third-order valence-corrected chi connectivity index (χ3v) is 6.36. The van der Waals surface area contributed by atoms with Crippen molar-refractivity contribution in [1.82, 2.24) is 14.7 Å². The summed E-state index contributed by atoms with van der Waals surface area (Å²) in [6, 6.07) is 25.4. The molecule has 0 unspecified atom stereocenters. The third kappa shape index (κ3) is 6.15. The van der Waals surface area contributed by atoms with Crippen molar-refractivity contribution in [3.05, 3.63) is 101 Å². The lowest BCUT2D eigenvalue weighted by atomic mass is 10.1. The number of rotatable bonds is 9. The van der Waals surface area contributed by atoms with Gasteiger partial charge >= 0.3 is 0 Å². The molecule has 0 aliphatic heterocycles. The molecule has 4 rings (SSSR count). The van der Waals surface area contributed by atoms with E-state index in [1.165, 1.54) is 0 Å². The van der Waals surface area contributed by atoms with Gasteiger partial charge in [0.1, 0.15) is 12.4 Å². The summed E-state index contributed by atoms with van der Waals surface area (Å²) in [4.78, 5) is 28.4. The minimum atomic E-state index is -0.262. The van der Waals surface area contributed by atoms with Crippen LogP contribution in [0.4, 0.5) is 5.82 Å². The first-order valence-electron chi connectivity index (χ1n) is 12.7. The van der Waals surface area contributed by atoms with Gasteiger partial charge in [0.05, 0.1) is 11.4 Å². The number of nitrogens with one attached hydrogen (secondary N) is 1. The zero-order chi connectivity index (χ0) is 26.4. The molecule has 37 heavy (non-hydrogen) atoms. The molecule has 3 aromatic carbocycles. The number of unbranched alkanes of at least 4 members (excludes halogenated alkanes) is 1. The Kier molecular flexibility index (Phi) is 8.18. The monoisotopic (exact) mass is 494 g/mol. The molecule has 0 radical (unpaired) electrons. The van der Waals surface area contributed by atoms with Crippen LogP contribution in [0.2, 0.25) is 0 Å². The van der Waals surface area contributed by atoms with E-state index in [1.54, 1.807) is 9.58 Å². The van der Waals surface area contributed by atoms with Crippen LogP contribution in [-0.4, -0.2) is 39.6 Å². The number of hydrogen-bond donors (Lipinski definition) is 1. The topological polar surface area (TPSA) is 67.2 Å². The van der Waals surface area contributed by atoms with Crippen LogP contribution in [-0.2, 0) is 4.79 Å². The van der Waals surface area contributed by atoms with Gasteiger partial charge in [0.15, 0.2) is 0 Å². The minimum Gasteiger partial charge on any atom is -0.329 e. The number of benzene rings is 3. The van der Waals surface area contributed by atoms with Gasteiger partial charge in [-0.2, -0.15) is 5.10 Å². The standard InChI is InChI=1S/C31H34N4O2/c1-5-6-20-34(31(37)26-16-12-22(2)13-17-26)21-28(36)32-30-29(25-10-8-7-9-11-25)24(4)33-35(30)27-18-14-23(3)15-19-27/h7-19H,5-6,20-21H2,1-4H3,(H,32,36). The van der Waals surface area contributed by atoms with E-state index in [2.05, 4.69) is 12.2 Å². The van der Waals surface area contributed by atoms with Crippen LogP contribution >= 0.6 is 0 Å². The molecule has 1 heterocycles. The van der Waals surface area contributed by atoms with Crippen LogP contribution in [0, 0.1) is 20.8 Å². The van der Waals surface area contributed by atoms with Crippen molar-refractivity contribution < 1.29 is 9.59 Å². The predicted molar refractivity (Wildman–Crippen MR) is 149 cm³/mol. The van der Waals surface area contributed by atoms with Crippen LogP contribution in [0.15, 0.2) is 78.9 Å². The lowest BCUT2D eigenvalue weighted by Gasteiger charge is -2.22. The Morgan fingerprint density at radius 3 is 2.11 bits per heavy atom. The first-order valence-corrected chi connectivity index (χ1v) is 12.7. The van der Waals surface area contributed by atoms with E-state index in [9.17, 15) is 9.59 Å². The highest BCUT2D eigenvalue weighted by atomic mass is 16.2. The second-order valence-electron chi connectivity index (χ2n) is 9.42. The maximum atomic E-state index is 13.5. The number of hydrogen-bond acceptors (Lipinski definition) is 3. The molecule has 0 saturated heterocycles. The lowest BCUT2D eigenvalue weighted by molar-refractivity contribution is -0.116. The average molecular weight is 495 g/mol. The van der Waals surface area contributed by atoms with Gasteiger partial charge in [0.2, 0.25) is 5.91 Å². The molecule has 2 amide bonds. The van der Waals surface area contributed by atoms with Gasteiger partial charge in [-0.15, -0.1) is 0 Å². The SMILES string of the molecule is CCCCN(CC(=O)Nc1c(-c2ccccc2)c(C)nn1-c1ccc(C)cc1)C(=O)c1ccc(C)cc1. The number of carbonyl (C=O) groups excluding carboxylic acids is 2. The molecule has 190 valence electrons.